The molecule has 0 aromatic heterocycles. The van der Waals surface area contributed by atoms with E-state index >= 15 is 0 Å². The summed E-state index contributed by atoms with van der Waals surface area (Å²) >= 11 is 0. The van der Waals surface area contributed by atoms with Crippen LogP contribution in [0.4, 0.5) is 0 Å². The van der Waals surface area contributed by atoms with E-state index in [2.05, 4.69) is 91.0 Å². The molecule has 4 aromatic rings. The Morgan fingerprint density at radius 3 is 1.70 bits per heavy atom. The Labute approximate surface area is 199 Å². The van der Waals surface area contributed by atoms with E-state index in [1.807, 2.05) is 0 Å². The first kappa shape index (κ1) is 20.9. The van der Waals surface area contributed by atoms with E-state index in [0.717, 1.165) is 0 Å². The van der Waals surface area contributed by atoms with Gasteiger partial charge in [0.25, 0.3) is 0 Å². The zero-order chi connectivity index (χ0) is 22.0. The summed E-state index contributed by atoms with van der Waals surface area (Å²) in [6, 6.07) is 34.5. The van der Waals surface area contributed by atoms with Crippen LogP contribution < -0.4 is 15.9 Å². The van der Waals surface area contributed by atoms with Crippen LogP contribution in [0.2, 0.25) is 0 Å². The number of hydrogen-bond acceptors (Lipinski definition) is 0. The van der Waals surface area contributed by atoms with Crippen LogP contribution in [0.25, 0.3) is 11.1 Å². The van der Waals surface area contributed by atoms with Crippen LogP contribution in [-0.4, -0.2) is 0 Å². The van der Waals surface area contributed by atoms with Crippen molar-refractivity contribution < 1.29 is 0 Å². The third-order valence-corrected chi connectivity index (χ3v) is 9.93. The van der Waals surface area contributed by atoms with Gasteiger partial charge in [-0.3, -0.25) is 0 Å². The fourth-order valence-electron chi connectivity index (χ4n) is 5.90. The van der Waals surface area contributed by atoms with Gasteiger partial charge in [-0.2, -0.15) is 0 Å². The maximum absolute atomic E-state index is 2.49. The molecule has 33 heavy (non-hydrogen) atoms. The SMILES string of the molecule is c1ccc(P(c2ccccc2)c2ccc3c(c2-c2cccc4c2CCCC4)CCCC3)cc1. The molecule has 0 aliphatic heterocycles. The molecule has 2 aliphatic rings. The molecule has 0 radical (unpaired) electrons. The second-order valence-electron chi connectivity index (χ2n) is 9.46. The Balaban J connectivity index is 1.65. The van der Waals surface area contributed by atoms with Gasteiger partial charge < -0.3 is 0 Å². The highest BCUT2D eigenvalue weighted by atomic mass is 31.1. The predicted molar refractivity (Wildman–Crippen MR) is 144 cm³/mol. The summed E-state index contributed by atoms with van der Waals surface area (Å²) in [6.45, 7) is 0. The molecule has 0 N–H and O–H groups in total. The van der Waals surface area contributed by atoms with E-state index in [1.54, 1.807) is 33.1 Å². The Morgan fingerprint density at radius 2 is 1.03 bits per heavy atom. The Bertz CT molecular complexity index is 1220. The topological polar surface area (TPSA) is 0 Å². The molecule has 0 fully saturated rings. The smallest absolute Gasteiger partial charge is 0.00626 e. The van der Waals surface area contributed by atoms with Crippen molar-refractivity contribution in [1.29, 1.82) is 0 Å². The van der Waals surface area contributed by atoms with Gasteiger partial charge in [-0.05, 0) is 109 Å². The number of benzene rings is 4. The van der Waals surface area contributed by atoms with Crippen molar-refractivity contribution in [1.82, 2.24) is 0 Å². The monoisotopic (exact) mass is 446 g/mol. The molecule has 0 saturated carbocycles. The van der Waals surface area contributed by atoms with Gasteiger partial charge in [-0.25, -0.2) is 0 Å². The fraction of sp³-hybridized carbons (Fsp3) is 0.250. The van der Waals surface area contributed by atoms with Crippen LogP contribution in [0, 0.1) is 0 Å². The summed E-state index contributed by atoms with van der Waals surface area (Å²) in [5.41, 5.74) is 9.54. The van der Waals surface area contributed by atoms with E-state index < -0.39 is 7.92 Å². The van der Waals surface area contributed by atoms with E-state index in [1.165, 1.54) is 67.5 Å². The maximum atomic E-state index is 2.49. The highest BCUT2D eigenvalue weighted by Crippen LogP contribution is 2.43. The van der Waals surface area contributed by atoms with Crippen molar-refractivity contribution in [3.05, 3.63) is 113 Å². The van der Waals surface area contributed by atoms with Crippen LogP contribution in [0.5, 0.6) is 0 Å². The number of aryl methyl sites for hydroxylation is 2. The minimum Gasteiger partial charge on any atom is -0.0622 e. The van der Waals surface area contributed by atoms with Crippen LogP contribution in [-0.2, 0) is 25.7 Å². The largest absolute Gasteiger partial charge is 0.0622 e. The molecular formula is C32H31P. The summed E-state index contributed by atoms with van der Waals surface area (Å²) in [6.07, 6.45) is 10.2. The van der Waals surface area contributed by atoms with Gasteiger partial charge in [0.1, 0.15) is 0 Å². The van der Waals surface area contributed by atoms with E-state index in [9.17, 15) is 0 Å². The molecule has 0 atom stereocenters. The average molecular weight is 447 g/mol. The zero-order valence-electron chi connectivity index (χ0n) is 19.3. The van der Waals surface area contributed by atoms with Crippen LogP contribution in [0.15, 0.2) is 91.0 Å². The van der Waals surface area contributed by atoms with Gasteiger partial charge in [-0.1, -0.05) is 91.0 Å². The molecule has 0 heterocycles. The third kappa shape index (κ3) is 3.96. The molecular weight excluding hydrogens is 415 g/mol. The summed E-state index contributed by atoms with van der Waals surface area (Å²) in [5, 5.41) is 4.43. The Morgan fingerprint density at radius 1 is 0.455 bits per heavy atom. The number of rotatable bonds is 4. The lowest BCUT2D eigenvalue weighted by Crippen LogP contribution is -2.24. The minimum absolute atomic E-state index is 0.619. The molecule has 0 nitrogen and oxygen atoms in total. The number of hydrogen-bond donors (Lipinski definition) is 0. The number of fused-ring (bicyclic) bond motifs is 2. The standard InChI is InChI=1S/C32H31P/c1-3-15-26(16-4-1)33(27-17-5-2-6-18-27)31-23-22-25-13-8-10-20-29(25)32(31)30-21-11-14-24-12-7-9-19-28(24)30/h1-6,11,14-18,21-23H,7-10,12-13,19-20H2. The van der Waals surface area contributed by atoms with Gasteiger partial charge >= 0.3 is 0 Å². The van der Waals surface area contributed by atoms with Crippen molar-refractivity contribution in [2.24, 2.45) is 0 Å². The van der Waals surface area contributed by atoms with Gasteiger partial charge in [0.15, 0.2) is 0 Å². The van der Waals surface area contributed by atoms with Gasteiger partial charge in [-0.15, -0.1) is 0 Å². The lowest BCUT2D eigenvalue weighted by Gasteiger charge is -2.30. The summed E-state index contributed by atoms with van der Waals surface area (Å²) in [4.78, 5) is 0. The van der Waals surface area contributed by atoms with Crippen molar-refractivity contribution in [3.8, 4) is 11.1 Å². The minimum atomic E-state index is -0.619. The first-order valence-electron chi connectivity index (χ1n) is 12.6. The maximum Gasteiger partial charge on any atom is -0.00626 e. The quantitative estimate of drug-likeness (QED) is 0.300. The second-order valence-corrected chi connectivity index (χ2v) is 11.6. The van der Waals surface area contributed by atoms with Crippen molar-refractivity contribution >= 4 is 23.8 Å². The second kappa shape index (κ2) is 9.28. The lowest BCUT2D eigenvalue weighted by molar-refractivity contribution is 0.682. The summed E-state index contributed by atoms with van der Waals surface area (Å²) < 4.78 is 0. The highest BCUT2D eigenvalue weighted by molar-refractivity contribution is 7.80. The molecule has 2 aliphatic carbocycles. The Kier molecular flexibility index (Phi) is 5.87. The molecule has 6 rings (SSSR count). The highest BCUT2D eigenvalue weighted by Gasteiger charge is 2.27. The van der Waals surface area contributed by atoms with E-state index in [0.29, 0.717) is 0 Å². The molecule has 1 heteroatoms. The molecule has 0 bridgehead atoms. The van der Waals surface area contributed by atoms with E-state index in [4.69, 9.17) is 0 Å². The Hall–Kier alpha value is -2.69. The third-order valence-electron chi connectivity index (χ3n) is 7.45. The van der Waals surface area contributed by atoms with E-state index in [-0.39, 0.29) is 0 Å². The first-order chi connectivity index (χ1) is 16.4. The lowest BCUT2D eigenvalue weighted by atomic mass is 9.81. The molecule has 0 unspecified atom stereocenters. The molecule has 0 spiro atoms. The zero-order valence-corrected chi connectivity index (χ0v) is 20.2. The molecule has 0 amide bonds. The van der Waals surface area contributed by atoms with Crippen LogP contribution in [0.1, 0.15) is 47.9 Å². The summed E-state index contributed by atoms with van der Waals surface area (Å²) in [7, 11) is -0.619. The van der Waals surface area contributed by atoms with Crippen LogP contribution in [0.3, 0.4) is 0 Å². The average Bonchev–Trinajstić information content (AvgIpc) is 2.90. The molecule has 164 valence electrons. The first-order valence-corrected chi connectivity index (χ1v) is 13.9. The van der Waals surface area contributed by atoms with Crippen molar-refractivity contribution in [2.45, 2.75) is 51.4 Å². The summed E-state index contributed by atoms with van der Waals surface area (Å²) in [5.74, 6) is 0. The van der Waals surface area contributed by atoms with Crippen molar-refractivity contribution in [3.63, 3.8) is 0 Å². The normalized spacial score (nSPS) is 15.2. The van der Waals surface area contributed by atoms with Gasteiger partial charge in [0.05, 0.1) is 0 Å². The fourth-order valence-corrected chi connectivity index (χ4v) is 8.40. The van der Waals surface area contributed by atoms with Gasteiger partial charge in [0.2, 0.25) is 0 Å². The predicted octanol–water partition coefficient (Wildman–Crippen LogP) is 6.87. The van der Waals surface area contributed by atoms with Crippen molar-refractivity contribution in [2.75, 3.05) is 0 Å². The van der Waals surface area contributed by atoms with Crippen LogP contribution >= 0.6 is 7.92 Å². The molecule has 4 aromatic carbocycles. The van der Waals surface area contributed by atoms with Gasteiger partial charge in [0, 0.05) is 0 Å². The molecule has 0 saturated heterocycles.